The van der Waals surface area contributed by atoms with Crippen LogP contribution in [0.3, 0.4) is 0 Å². The van der Waals surface area contributed by atoms with Crippen molar-refractivity contribution in [3.8, 4) is 0 Å². The lowest BCUT2D eigenvalue weighted by atomic mass is 10.1. The molecule has 0 unspecified atom stereocenters. The molecular weight excluding hydrogens is 274 g/mol. The first-order chi connectivity index (χ1) is 9.47. The summed E-state index contributed by atoms with van der Waals surface area (Å²) >= 11 is 1.38. The zero-order chi connectivity index (χ0) is 15.1. The van der Waals surface area contributed by atoms with Crippen LogP contribution in [0.25, 0.3) is 0 Å². The zero-order valence-electron chi connectivity index (χ0n) is 12.5. The van der Waals surface area contributed by atoms with Crippen LogP contribution < -0.4 is 10.6 Å². The maximum atomic E-state index is 11.7. The molecule has 5 nitrogen and oxygen atoms in total. The van der Waals surface area contributed by atoms with Crippen LogP contribution in [-0.4, -0.2) is 16.8 Å². The molecule has 0 saturated carbocycles. The molecule has 2 atom stereocenters. The molecule has 20 heavy (non-hydrogen) atoms. The molecule has 0 radical (unpaired) electrons. The predicted molar refractivity (Wildman–Crippen MR) is 81.5 cm³/mol. The summed E-state index contributed by atoms with van der Waals surface area (Å²) in [6.07, 6.45) is 1.62. The highest BCUT2D eigenvalue weighted by atomic mass is 32.1. The van der Waals surface area contributed by atoms with Crippen LogP contribution in [0.15, 0.2) is 5.38 Å². The molecule has 1 aromatic rings. The fraction of sp³-hybridized carbons (Fsp3) is 0.643. The molecule has 0 bridgehead atoms. The van der Waals surface area contributed by atoms with Gasteiger partial charge in [-0.3, -0.25) is 9.59 Å². The molecule has 0 saturated heterocycles. The van der Waals surface area contributed by atoms with E-state index in [4.69, 9.17) is 0 Å². The Morgan fingerprint density at radius 2 is 1.80 bits per heavy atom. The number of hydrogen-bond donors (Lipinski definition) is 2. The number of anilines is 1. The van der Waals surface area contributed by atoms with Crippen molar-refractivity contribution in [3.05, 3.63) is 11.1 Å². The van der Waals surface area contributed by atoms with E-state index in [1.807, 2.05) is 33.1 Å². The van der Waals surface area contributed by atoms with Crippen molar-refractivity contribution in [2.24, 2.45) is 11.8 Å². The summed E-state index contributed by atoms with van der Waals surface area (Å²) in [5.41, 5.74) is 0.770. The summed E-state index contributed by atoms with van der Waals surface area (Å²) in [5, 5.41) is 8.07. The minimum Gasteiger partial charge on any atom is -0.350 e. The Hall–Kier alpha value is -1.43. The van der Waals surface area contributed by atoms with Crippen LogP contribution in [0.2, 0.25) is 0 Å². The summed E-state index contributed by atoms with van der Waals surface area (Å²) < 4.78 is 0. The number of nitrogens with zero attached hydrogens (tertiary/aromatic N) is 1. The van der Waals surface area contributed by atoms with Gasteiger partial charge in [-0.2, -0.15) is 0 Å². The van der Waals surface area contributed by atoms with Gasteiger partial charge in [0.2, 0.25) is 11.8 Å². The zero-order valence-corrected chi connectivity index (χ0v) is 13.3. The summed E-state index contributed by atoms with van der Waals surface area (Å²) in [6.45, 7) is 8.14. The van der Waals surface area contributed by atoms with E-state index in [1.54, 1.807) is 0 Å². The second kappa shape index (κ2) is 7.99. The van der Waals surface area contributed by atoms with Crippen molar-refractivity contribution in [1.82, 2.24) is 10.3 Å². The van der Waals surface area contributed by atoms with Crippen LogP contribution in [-0.2, 0) is 16.1 Å². The Morgan fingerprint density at radius 3 is 2.40 bits per heavy atom. The highest BCUT2D eigenvalue weighted by Crippen LogP contribution is 2.17. The molecule has 0 aliphatic heterocycles. The lowest BCUT2D eigenvalue weighted by Gasteiger charge is -2.08. The lowest BCUT2D eigenvalue weighted by Crippen LogP contribution is -2.28. The standard InChI is InChI=1S/C14H23N3O2S/c1-5-9(3)12(18)15-7-11-8-20-14(16-11)17-13(19)10(4)6-2/h8-10H,5-7H2,1-4H3,(H,15,18)(H,16,17,19)/t9-,10+/m0/s1. The molecule has 0 aliphatic rings. The van der Waals surface area contributed by atoms with Crippen LogP contribution in [0, 0.1) is 11.8 Å². The van der Waals surface area contributed by atoms with Crippen LogP contribution >= 0.6 is 11.3 Å². The summed E-state index contributed by atoms with van der Waals surface area (Å²) in [4.78, 5) is 27.7. The van der Waals surface area contributed by atoms with Crippen LogP contribution in [0.4, 0.5) is 5.13 Å². The van der Waals surface area contributed by atoms with E-state index in [9.17, 15) is 9.59 Å². The summed E-state index contributed by atoms with van der Waals surface area (Å²) in [7, 11) is 0. The van der Waals surface area contributed by atoms with Gasteiger partial charge in [0.25, 0.3) is 0 Å². The van der Waals surface area contributed by atoms with E-state index in [-0.39, 0.29) is 23.7 Å². The number of hydrogen-bond acceptors (Lipinski definition) is 4. The number of nitrogens with one attached hydrogen (secondary N) is 2. The highest BCUT2D eigenvalue weighted by Gasteiger charge is 2.13. The van der Waals surface area contributed by atoms with Gasteiger partial charge in [-0.25, -0.2) is 4.98 Å². The first kappa shape index (κ1) is 16.6. The molecule has 112 valence electrons. The van der Waals surface area contributed by atoms with Gasteiger partial charge in [-0.05, 0) is 12.8 Å². The van der Waals surface area contributed by atoms with E-state index in [2.05, 4.69) is 15.6 Å². The second-order valence-corrected chi connectivity index (χ2v) is 5.83. The Morgan fingerprint density at radius 1 is 1.20 bits per heavy atom. The van der Waals surface area contributed by atoms with E-state index < -0.39 is 0 Å². The molecule has 0 spiro atoms. The number of amides is 2. The third kappa shape index (κ3) is 4.92. The van der Waals surface area contributed by atoms with Gasteiger partial charge in [0.05, 0.1) is 12.2 Å². The SMILES string of the molecule is CC[C@@H](C)C(=O)Nc1nc(CNC(=O)[C@@H](C)CC)cs1. The first-order valence-electron chi connectivity index (χ1n) is 7.00. The predicted octanol–water partition coefficient (Wildman–Crippen LogP) is 2.79. The second-order valence-electron chi connectivity index (χ2n) is 4.97. The number of thiazole rings is 1. The molecule has 1 heterocycles. The lowest BCUT2D eigenvalue weighted by molar-refractivity contribution is -0.124. The van der Waals surface area contributed by atoms with Crippen molar-refractivity contribution in [2.75, 3.05) is 5.32 Å². The Labute approximate surface area is 124 Å². The van der Waals surface area contributed by atoms with E-state index >= 15 is 0 Å². The maximum absolute atomic E-state index is 11.7. The summed E-state index contributed by atoms with van der Waals surface area (Å²) in [5.74, 6) is 0.00778. The van der Waals surface area contributed by atoms with Gasteiger partial charge < -0.3 is 10.6 Å². The third-order valence-corrected chi connectivity index (χ3v) is 4.15. The quantitative estimate of drug-likeness (QED) is 0.813. The van der Waals surface area contributed by atoms with Gasteiger partial charge >= 0.3 is 0 Å². The fourth-order valence-electron chi connectivity index (χ4n) is 1.40. The number of rotatable bonds is 7. The molecule has 0 aromatic carbocycles. The third-order valence-electron chi connectivity index (χ3n) is 3.35. The molecule has 2 amide bonds. The summed E-state index contributed by atoms with van der Waals surface area (Å²) in [6, 6.07) is 0. The molecule has 0 aliphatic carbocycles. The van der Waals surface area contributed by atoms with E-state index in [1.165, 1.54) is 11.3 Å². The van der Waals surface area contributed by atoms with Crippen molar-refractivity contribution in [3.63, 3.8) is 0 Å². The topological polar surface area (TPSA) is 71.1 Å². The number of carbonyl (C=O) groups excluding carboxylic acids is 2. The number of carbonyl (C=O) groups is 2. The molecular formula is C14H23N3O2S. The monoisotopic (exact) mass is 297 g/mol. The van der Waals surface area contributed by atoms with Crippen molar-refractivity contribution < 1.29 is 9.59 Å². The van der Waals surface area contributed by atoms with E-state index in [0.717, 1.165) is 18.5 Å². The van der Waals surface area contributed by atoms with Crippen molar-refractivity contribution in [1.29, 1.82) is 0 Å². The Balaban J connectivity index is 2.47. The molecule has 2 N–H and O–H groups in total. The fourth-order valence-corrected chi connectivity index (χ4v) is 2.11. The van der Waals surface area contributed by atoms with Crippen molar-refractivity contribution >= 4 is 28.3 Å². The molecule has 1 aromatic heterocycles. The Bertz CT molecular complexity index is 459. The van der Waals surface area contributed by atoms with Gasteiger partial charge in [-0.1, -0.05) is 27.7 Å². The first-order valence-corrected chi connectivity index (χ1v) is 7.88. The molecule has 1 rings (SSSR count). The van der Waals surface area contributed by atoms with Crippen LogP contribution in [0.1, 0.15) is 46.2 Å². The largest absolute Gasteiger partial charge is 0.350 e. The minimum absolute atomic E-state index is 0.0122. The molecule has 6 heteroatoms. The smallest absolute Gasteiger partial charge is 0.228 e. The van der Waals surface area contributed by atoms with E-state index in [0.29, 0.717) is 11.7 Å². The normalized spacial score (nSPS) is 13.6. The minimum atomic E-state index is -0.0209. The Kier molecular flexibility index (Phi) is 6.64. The van der Waals surface area contributed by atoms with Crippen LogP contribution in [0.5, 0.6) is 0 Å². The maximum Gasteiger partial charge on any atom is 0.228 e. The molecule has 0 fully saturated rings. The average Bonchev–Trinajstić information content (AvgIpc) is 2.90. The van der Waals surface area contributed by atoms with Gasteiger partial charge in [0.1, 0.15) is 0 Å². The number of aromatic nitrogens is 1. The van der Waals surface area contributed by atoms with Gasteiger partial charge in [-0.15, -0.1) is 11.3 Å². The average molecular weight is 297 g/mol. The van der Waals surface area contributed by atoms with Gasteiger partial charge in [0.15, 0.2) is 5.13 Å². The van der Waals surface area contributed by atoms with Gasteiger partial charge in [0, 0.05) is 17.2 Å². The highest BCUT2D eigenvalue weighted by molar-refractivity contribution is 7.13. The van der Waals surface area contributed by atoms with Crippen molar-refractivity contribution in [2.45, 2.75) is 47.1 Å².